The number of hydrogen-bond donors (Lipinski definition) is 1. The van der Waals surface area contributed by atoms with Gasteiger partial charge in [0.15, 0.2) is 0 Å². The van der Waals surface area contributed by atoms with Gasteiger partial charge >= 0.3 is 0 Å². The van der Waals surface area contributed by atoms with Gasteiger partial charge in [-0.3, -0.25) is 9.59 Å². The number of benzene rings is 1. The molecular weight excluding hydrogens is 299 g/mol. The van der Waals surface area contributed by atoms with Gasteiger partial charge in [0.1, 0.15) is 6.04 Å². The summed E-state index contributed by atoms with van der Waals surface area (Å²) in [6.45, 7) is 0.413. The summed E-state index contributed by atoms with van der Waals surface area (Å²) >= 11 is 12.0. The van der Waals surface area contributed by atoms with Crippen LogP contribution >= 0.6 is 23.2 Å². The molecule has 1 N–H and O–H groups in total. The molecule has 1 unspecified atom stereocenters. The molecular formula is C14H14Cl2N2O2. The van der Waals surface area contributed by atoms with E-state index in [1.54, 1.807) is 23.1 Å². The summed E-state index contributed by atoms with van der Waals surface area (Å²) in [5.41, 5.74) is 0.810. The van der Waals surface area contributed by atoms with Crippen LogP contribution in [0.15, 0.2) is 18.2 Å². The SMILES string of the molecule is O=C1NCC(=O)N(Cc2ccc(Cl)cc2Cl)C1C1CC1. The minimum absolute atomic E-state index is 0.0582. The van der Waals surface area contributed by atoms with Crippen molar-refractivity contribution in [2.45, 2.75) is 25.4 Å². The van der Waals surface area contributed by atoms with Gasteiger partial charge in [-0.05, 0) is 36.5 Å². The summed E-state index contributed by atoms with van der Waals surface area (Å²) in [6.07, 6.45) is 1.99. The summed E-state index contributed by atoms with van der Waals surface area (Å²) in [5, 5.41) is 3.73. The maximum atomic E-state index is 12.1. The number of amides is 2. The highest BCUT2D eigenvalue weighted by molar-refractivity contribution is 6.35. The number of carbonyl (C=O) groups is 2. The molecule has 1 saturated heterocycles. The maximum absolute atomic E-state index is 12.1. The Labute approximate surface area is 127 Å². The third-order valence-electron chi connectivity index (χ3n) is 3.76. The van der Waals surface area contributed by atoms with E-state index in [0.717, 1.165) is 18.4 Å². The van der Waals surface area contributed by atoms with E-state index in [9.17, 15) is 9.59 Å². The number of nitrogens with zero attached hydrogens (tertiary/aromatic N) is 1. The van der Waals surface area contributed by atoms with Crippen molar-refractivity contribution in [1.29, 1.82) is 0 Å². The van der Waals surface area contributed by atoms with Gasteiger partial charge in [0.2, 0.25) is 11.8 Å². The van der Waals surface area contributed by atoms with Crippen molar-refractivity contribution in [2.24, 2.45) is 5.92 Å². The Morgan fingerprint density at radius 1 is 1.25 bits per heavy atom. The van der Waals surface area contributed by atoms with Crippen molar-refractivity contribution in [3.8, 4) is 0 Å². The first-order valence-electron chi connectivity index (χ1n) is 6.57. The van der Waals surface area contributed by atoms with E-state index in [2.05, 4.69) is 5.32 Å². The minimum atomic E-state index is -0.358. The Bertz CT molecular complexity index is 572. The molecule has 20 heavy (non-hydrogen) atoms. The fourth-order valence-electron chi connectivity index (χ4n) is 2.57. The second-order valence-electron chi connectivity index (χ2n) is 5.26. The van der Waals surface area contributed by atoms with Gasteiger partial charge in [-0.25, -0.2) is 0 Å². The molecule has 1 aliphatic carbocycles. The molecule has 106 valence electrons. The smallest absolute Gasteiger partial charge is 0.243 e. The summed E-state index contributed by atoms with van der Waals surface area (Å²) in [7, 11) is 0. The highest BCUT2D eigenvalue weighted by Gasteiger charge is 2.44. The van der Waals surface area contributed by atoms with Crippen LogP contribution in [0.1, 0.15) is 18.4 Å². The number of hydrogen-bond acceptors (Lipinski definition) is 2. The molecule has 2 fully saturated rings. The molecule has 4 nitrogen and oxygen atoms in total. The predicted octanol–water partition coefficient (Wildman–Crippen LogP) is 2.23. The van der Waals surface area contributed by atoms with Crippen LogP contribution < -0.4 is 5.32 Å². The lowest BCUT2D eigenvalue weighted by molar-refractivity contribution is -0.147. The van der Waals surface area contributed by atoms with Crippen molar-refractivity contribution in [2.75, 3.05) is 6.54 Å². The third-order valence-corrected chi connectivity index (χ3v) is 4.35. The molecule has 0 spiro atoms. The molecule has 0 bridgehead atoms. The van der Waals surface area contributed by atoms with Crippen LogP contribution in [0.2, 0.25) is 10.0 Å². The first-order valence-corrected chi connectivity index (χ1v) is 7.33. The molecule has 1 aliphatic heterocycles. The Morgan fingerprint density at radius 2 is 2.00 bits per heavy atom. The van der Waals surface area contributed by atoms with Gasteiger partial charge in [0.05, 0.1) is 6.54 Å². The van der Waals surface area contributed by atoms with E-state index in [1.807, 2.05) is 0 Å². The van der Waals surface area contributed by atoms with Gasteiger partial charge in [-0.15, -0.1) is 0 Å². The van der Waals surface area contributed by atoms with Crippen molar-refractivity contribution in [3.63, 3.8) is 0 Å². The van der Waals surface area contributed by atoms with Crippen molar-refractivity contribution >= 4 is 35.0 Å². The minimum Gasteiger partial charge on any atom is -0.345 e. The first kappa shape index (κ1) is 13.7. The molecule has 1 saturated carbocycles. The number of carbonyl (C=O) groups excluding carboxylic acids is 2. The molecule has 6 heteroatoms. The third kappa shape index (κ3) is 2.63. The van der Waals surface area contributed by atoms with E-state index in [-0.39, 0.29) is 30.3 Å². The van der Waals surface area contributed by atoms with Crippen molar-refractivity contribution in [1.82, 2.24) is 10.2 Å². The summed E-state index contributed by atoms with van der Waals surface area (Å²) in [6, 6.07) is 4.83. The van der Waals surface area contributed by atoms with Gasteiger partial charge < -0.3 is 10.2 Å². The molecule has 0 radical (unpaired) electrons. The zero-order valence-electron chi connectivity index (χ0n) is 10.7. The fourth-order valence-corrected chi connectivity index (χ4v) is 3.03. The monoisotopic (exact) mass is 312 g/mol. The molecule has 1 aromatic carbocycles. The quantitative estimate of drug-likeness (QED) is 0.930. The van der Waals surface area contributed by atoms with Crippen LogP contribution in [-0.2, 0) is 16.1 Å². The lowest BCUT2D eigenvalue weighted by Crippen LogP contribution is -2.58. The standard InChI is InChI=1S/C14H14Cl2N2O2/c15-10-4-3-9(11(16)5-10)7-18-12(19)6-17-14(20)13(18)8-1-2-8/h3-5,8,13H,1-2,6-7H2,(H,17,20). The Morgan fingerprint density at radius 3 is 2.65 bits per heavy atom. The molecule has 3 rings (SSSR count). The normalized spacial score (nSPS) is 22.9. The second kappa shape index (κ2) is 5.26. The van der Waals surface area contributed by atoms with Gasteiger partial charge in [0.25, 0.3) is 0 Å². The lowest BCUT2D eigenvalue weighted by atomic mass is 10.1. The fraction of sp³-hybridized carbons (Fsp3) is 0.429. The van der Waals surface area contributed by atoms with Crippen LogP contribution in [0, 0.1) is 5.92 Å². The maximum Gasteiger partial charge on any atom is 0.243 e. The largest absolute Gasteiger partial charge is 0.345 e. The Kier molecular flexibility index (Phi) is 3.61. The number of nitrogens with one attached hydrogen (secondary N) is 1. The number of halogens is 2. The van der Waals surface area contributed by atoms with E-state index in [1.165, 1.54) is 0 Å². The highest BCUT2D eigenvalue weighted by Crippen LogP contribution is 2.37. The van der Waals surface area contributed by atoms with Crippen LogP contribution in [0.5, 0.6) is 0 Å². The number of piperazine rings is 1. The van der Waals surface area contributed by atoms with E-state index in [0.29, 0.717) is 16.6 Å². The lowest BCUT2D eigenvalue weighted by Gasteiger charge is -2.35. The summed E-state index contributed by atoms with van der Waals surface area (Å²) in [4.78, 5) is 25.8. The van der Waals surface area contributed by atoms with Crippen LogP contribution in [0.3, 0.4) is 0 Å². The van der Waals surface area contributed by atoms with Crippen LogP contribution in [0.25, 0.3) is 0 Å². The van der Waals surface area contributed by atoms with Crippen LogP contribution in [-0.4, -0.2) is 29.3 Å². The molecule has 2 aliphatic rings. The zero-order valence-corrected chi connectivity index (χ0v) is 12.2. The average molecular weight is 313 g/mol. The molecule has 1 atom stereocenters. The van der Waals surface area contributed by atoms with Crippen molar-refractivity contribution in [3.05, 3.63) is 33.8 Å². The topological polar surface area (TPSA) is 49.4 Å². The van der Waals surface area contributed by atoms with Gasteiger partial charge in [-0.1, -0.05) is 29.3 Å². The Balaban J connectivity index is 1.85. The molecule has 1 aromatic rings. The van der Waals surface area contributed by atoms with Crippen LogP contribution in [0.4, 0.5) is 0 Å². The number of rotatable bonds is 3. The predicted molar refractivity (Wildman–Crippen MR) is 76.5 cm³/mol. The Hall–Kier alpha value is -1.26. The average Bonchev–Trinajstić information content (AvgIpc) is 3.21. The summed E-state index contributed by atoms with van der Waals surface area (Å²) < 4.78 is 0. The van der Waals surface area contributed by atoms with Crippen molar-refractivity contribution < 1.29 is 9.59 Å². The second-order valence-corrected chi connectivity index (χ2v) is 6.10. The van der Waals surface area contributed by atoms with E-state index < -0.39 is 0 Å². The zero-order chi connectivity index (χ0) is 14.3. The molecule has 1 heterocycles. The van der Waals surface area contributed by atoms with E-state index in [4.69, 9.17) is 23.2 Å². The molecule has 0 aromatic heterocycles. The molecule has 2 amide bonds. The van der Waals surface area contributed by atoms with Gasteiger partial charge in [-0.2, -0.15) is 0 Å². The summed E-state index contributed by atoms with van der Waals surface area (Å²) in [5.74, 6) is 0.162. The highest BCUT2D eigenvalue weighted by atomic mass is 35.5. The first-order chi connectivity index (χ1) is 9.56. The van der Waals surface area contributed by atoms with E-state index >= 15 is 0 Å². The van der Waals surface area contributed by atoms with Gasteiger partial charge in [0, 0.05) is 16.6 Å².